The number of rotatable bonds is 2. The van der Waals surface area contributed by atoms with Crippen molar-refractivity contribution in [3.05, 3.63) is 60.7 Å². The molecule has 113 valence electrons. The zero-order chi connectivity index (χ0) is 15.2. The maximum Gasteiger partial charge on any atom is 0.269 e. The third kappa shape index (κ3) is 2.00. The predicted molar refractivity (Wildman–Crippen MR) is 88.1 cm³/mol. The lowest BCUT2D eigenvalue weighted by Crippen LogP contribution is -2.27. The average molecular weight is 312 g/mol. The molecule has 0 N–H and O–H groups in total. The quantitative estimate of drug-likeness (QED) is 0.630. The maximum atomic E-state index is 6.04. The smallest absolute Gasteiger partial charge is 0.269 e. The summed E-state index contributed by atoms with van der Waals surface area (Å²) in [7, 11) is 2.17. The van der Waals surface area contributed by atoms with Crippen LogP contribution in [0.3, 0.4) is 0 Å². The molecule has 4 rings (SSSR count). The molecule has 4 nitrogen and oxygen atoms in total. The fourth-order valence-electron chi connectivity index (χ4n) is 3.81. The molecule has 1 aliphatic heterocycles. The van der Waals surface area contributed by atoms with Gasteiger partial charge in [0.15, 0.2) is 6.10 Å². The Hall–Kier alpha value is -1.72. The van der Waals surface area contributed by atoms with E-state index < -0.39 is 0 Å². The maximum absolute atomic E-state index is 6.04. The fraction of sp³-hybridized carbons (Fsp3) is 0.353. The van der Waals surface area contributed by atoms with Crippen LogP contribution in [0.15, 0.2) is 49.1 Å². The van der Waals surface area contributed by atoms with Crippen molar-refractivity contribution in [1.82, 2.24) is 14.5 Å². The zero-order valence-corrected chi connectivity index (χ0v) is 13.3. The summed E-state index contributed by atoms with van der Waals surface area (Å²) in [4.78, 5) is 6.42. The molecule has 1 aromatic carbocycles. The molecule has 0 spiro atoms. The van der Waals surface area contributed by atoms with Gasteiger partial charge in [0.25, 0.3) is 5.17 Å². The Morgan fingerprint density at radius 1 is 1.36 bits per heavy atom. The number of hydrogen-bond acceptors (Lipinski definition) is 4. The van der Waals surface area contributed by atoms with Gasteiger partial charge in [-0.1, -0.05) is 30.3 Å². The highest BCUT2D eigenvalue weighted by molar-refractivity contribution is 7.80. The van der Waals surface area contributed by atoms with Crippen LogP contribution in [-0.4, -0.2) is 32.7 Å². The minimum absolute atomic E-state index is 0.0966. The van der Waals surface area contributed by atoms with E-state index in [4.69, 9.17) is 17.0 Å². The Bertz CT molecular complexity index is 672. The van der Waals surface area contributed by atoms with Crippen molar-refractivity contribution in [2.45, 2.75) is 30.8 Å². The van der Waals surface area contributed by atoms with Crippen LogP contribution < -0.4 is 0 Å². The van der Waals surface area contributed by atoms with E-state index in [0.29, 0.717) is 11.2 Å². The SMILES string of the molecule is CN1[C@H]2[C](OC(=S)n3ccnc3)CCC[C@]21c1ccccc1. The van der Waals surface area contributed by atoms with Gasteiger partial charge in [-0.15, -0.1) is 0 Å². The van der Waals surface area contributed by atoms with Gasteiger partial charge in [0.05, 0.1) is 11.6 Å². The van der Waals surface area contributed by atoms with Crippen LogP contribution in [0.1, 0.15) is 24.8 Å². The van der Waals surface area contributed by atoms with Crippen LogP contribution in [0, 0.1) is 6.10 Å². The Morgan fingerprint density at radius 3 is 2.91 bits per heavy atom. The van der Waals surface area contributed by atoms with E-state index in [0.717, 1.165) is 18.9 Å². The molecule has 1 aromatic heterocycles. The van der Waals surface area contributed by atoms with Crippen LogP contribution >= 0.6 is 12.2 Å². The van der Waals surface area contributed by atoms with Crippen molar-refractivity contribution >= 4 is 17.4 Å². The second-order valence-electron chi connectivity index (χ2n) is 5.96. The second kappa shape index (κ2) is 5.18. The van der Waals surface area contributed by atoms with Gasteiger partial charge in [0, 0.05) is 12.4 Å². The molecule has 1 saturated heterocycles. The van der Waals surface area contributed by atoms with Gasteiger partial charge in [0.2, 0.25) is 0 Å². The van der Waals surface area contributed by atoms with E-state index in [1.807, 2.05) is 6.20 Å². The largest absolute Gasteiger partial charge is 0.458 e. The zero-order valence-electron chi connectivity index (χ0n) is 12.5. The fourth-order valence-corrected chi connectivity index (χ4v) is 4.02. The lowest BCUT2D eigenvalue weighted by Gasteiger charge is -2.26. The highest BCUT2D eigenvalue weighted by Gasteiger charge is 2.67. The third-order valence-electron chi connectivity index (χ3n) is 4.89. The van der Waals surface area contributed by atoms with E-state index in [2.05, 4.69) is 47.3 Å². The lowest BCUT2D eigenvalue weighted by atomic mass is 9.82. The normalized spacial score (nSPS) is 30.6. The number of nitrogens with zero attached hydrogens (tertiary/aromatic N) is 3. The Morgan fingerprint density at radius 2 is 2.18 bits per heavy atom. The average Bonchev–Trinajstić information content (AvgIpc) is 2.92. The molecule has 2 heterocycles. The summed E-state index contributed by atoms with van der Waals surface area (Å²) in [5.74, 6) is 0. The molecule has 1 aliphatic carbocycles. The topological polar surface area (TPSA) is 30.1 Å². The van der Waals surface area contributed by atoms with Crippen molar-refractivity contribution in [1.29, 1.82) is 0 Å². The monoisotopic (exact) mass is 312 g/mol. The van der Waals surface area contributed by atoms with E-state index in [9.17, 15) is 0 Å². The number of fused-ring (bicyclic) bond motifs is 1. The van der Waals surface area contributed by atoms with Gasteiger partial charge >= 0.3 is 0 Å². The Balaban J connectivity index is 1.56. The summed E-state index contributed by atoms with van der Waals surface area (Å²) in [5.41, 5.74) is 1.47. The van der Waals surface area contributed by atoms with Crippen molar-refractivity contribution < 1.29 is 4.74 Å². The number of likely N-dealkylation sites (N-methyl/N-ethyl adjacent to an activating group) is 1. The van der Waals surface area contributed by atoms with Crippen molar-refractivity contribution in [2.24, 2.45) is 0 Å². The first-order valence-electron chi connectivity index (χ1n) is 7.58. The molecule has 3 atom stereocenters. The Labute approximate surface area is 135 Å². The van der Waals surface area contributed by atoms with E-state index in [-0.39, 0.29) is 5.54 Å². The van der Waals surface area contributed by atoms with Crippen LogP contribution in [0.5, 0.6) is 0 Å². The number of benzene rings is 1. The number of hydrogen-bond donors (Lipinski definition) is 0. The summed E-state index contributed by atoms with van der Waals surface area (Å²) < 4.78 is 7.78. The van der Waals surface area contributed by atoms with E-state index in [1.165, 1.54) is 12.0 Å². The predicted octanol–water partition coefficient (Wildman–Crippen LogP) is 2.96. The van der Waals surface area contributed by atoms with Gasteiger partial charge in [-0.2, -0.15) is 0 Å². The van der Waals surface area contributed by atoms with Crippen molar-refractivity contribution in [2.75, 3.05) is 7.05 Å². The van der Waals surface area contributed by atoms with Gasteiger partial charge < -0.3 is 4.74 Å². The minimum atomic E-state index is 0.0966. The first-order chi connectivity index (χ1) is 10.7. The number of aromatic nitrogens is 2. The first-order valence-corrected chi connectivity index (χ1v) is 7.98. The molecule has 1 unspecified atom stereocenters. The number of likely N-dealkylation sites (tertiary alicyclic amines) is 1. The van der Waals surface area contributed by atoms with Crippen LogP contribution in [0.4, 0.5) is 0 Å². The van der Waals surface area contributed by atoms with Gasteiger partial charge in [-0.05, 0) is 44.1 Å². The molecule has 5 heteroatoms. The third-order valence-corrected chi connectivity index (χ3v) is 5.19. The molecule has 0 amide bonds. The highest BCUT2D eigenvalue weighted by Crippen LogP contribution is 2.59. The summed E-state index contributed by atoms with van der Waals surface area (Å²) in [6, 6.07) is 11.0. The number of ether oxygens (including phenoxy) is 1. The van der Waals surface area contributed by atoms with Crippen molar-refractivity contribution in [3.63, 3.8) is 0 Å². The van der Waals surface area contributed by atoms with Crippen molar-refractivity contribution in [3.8, 4) is 0 Å². The van der Waals surface area contributed by atoms with Crippen LogP contribution in [0.25, 0.3) is 0 Å². The molecule has 22 heavy (non-hydrogen) atoms. The molecule has 1 saturated carbocycles. The van der Waals surface area contributed by atoms with Gasteiger partial charge in [-0.3, -0.25) is 9.47 Å². The lowest BCUT2D eigenvalue weighted by molar-refractivity contribution is 0.247. The Kier molecular flexibility index (Phi) is 3.27. The van der Waals surface area contributed by atoms with E-state index >= 15 is 0 Å². The standard InChI is InChI=1S/C17H18N3OS/c1-19-15-14(21-16(22)20-11-10-18-12-20)8-5-9-17(15,19)13-6-3-2-4-7-13/h2-4,6-7,10-12,15H,5,8-9H2,1H3/t15-,17-,19?/m0/s1. The first kappa shape index (κ1) is 13.9. The molecular weight excluding hydrogens is 294 g/mol. The number of imidazole rings is 1. The second-order valence-corrected chi connectivity index (χ2v) is 6.31. The molecular formula is C17H18N3OS. The summed E-state index contributed by atoms with van der Waals surface area (Å²) in [6.45, 7) is 0. The molecule has 2 aromatic rings. The molecule has 2 aliphatic rings. The summed E-state index contributed by atoms with van der Waals surface area (Å²) in [5, 5.41) is 0.455. The highest BCUT2D eigenvalue weighted by atomic mass is 32.1. The van der Waals surface area contributed by atoms with E-state index in [1.54, 1.807) is 17.1 Å². The van der Waals surface area contributed by atoms with Crippen LogP contribution in [-0.2, 0) is 10.3 Å². The molecule has 2 fully saturated rings. The molecule has 0 bridgehead atoms. The summed E-state index contributed by atoms with van der Waals surface area (Å²) >= 11 is 5.38. The molecule has 1 radical (unpaired) electrons. The summed E-state index contributed by atoms with van der Waals surface area (Å²) in [6.07, 6.45) is 9.54. The van der Waals surface area contributed by atoms with Gasteiger partial charge in [0.1, 0.15) is 6.33 Å². The van der Waals surface area contributed by atoms with Crippen LogP contribution in [0.2, 0.25) is 0 Å². The van der Waals surface area contributed by atoms with Gasteiger partial charge in [-0.25, -0.2) is 4.98 Å². The minimum Gasteiger partial charge on any atom is -0.458 e. The number of thiocarbonyl (C=S) groups is 1.